The average molecular weight is 286 g/mol. The van der Waals surface area contributed by atoms with Crippen LogP contribution in [0.25, 0.3) is 0 Å². The first-order chi connectivity index (χ1) is 10.2. The van der Waals surface area contributed by atoms with Crippen LogP contribution in [0.3, 0.4) is 0 Å². The molecule has 0 aromatic heterocycles. The number of rotatable bonds is 7. The van der Waals surface area contributed by atoms with E-state index in [1.807, 2.05) is 6.07 Å². The summed E-state index contributed by atoms with van der Waals surface area (Å²) in [6.07, 6.45) is 0.867. The molecule has 0 bridgehead atoms. The van der Waals surface area contributed by atoms with Gasteiger partial charge in [0.15, 0.2) is 0 Å². The van der Waals surface area contributed by atoms with Gasteiger partial charge in [-0.25, -0.2) is 4.39 Å². The summed E-state index contributed by atoms with van der Waals surface area (Å²) in [4.78, 5) is 2.37. The maximum atomic E-state index is 12.9. The van der Waals surface area contributed by atoms with Crippen LogP contribution >= 0.6 is 0 Å². The predicted octanol–water partition coefficient (Wildman–Crippen LogP) is 3.74. The molecule has 2 aromatic rings. The molecule has 0 aliphatic carbocycles. The normalized spacial score (nSPS) is 12.6. The lowest BCUT2D eigenvalue weighted by Gasteiger charge is -2.22. The van der Waals surface area contributed by atoms with Crippen molar-refractivity contribution in [2.24, 2.45) is 5.73 Å². The zero-order chi connectivity index (χ0) is 15.1. The molecule has 3 heteroatoms. The summed E-state index contributed by atoms with van der Waals surface area (Å²) in [5.41, 5.74) is 8.50. The smallest absolute Gasteiger partial charge is 0.123 e. The molecule has 0 aliphatic heterocycles. The van der Waals surface area contributed by atoms with E-state index in [-0.39, 0.29) is 11.9 Å². The monoisotopic (exact) mass is 286 g/mol. The van der Waals surface area contributed by atoms with Gasteiger partial charge >= 0.3 is 0 Å². The van der Waals surface area contributed by atoms with Crippen LogP contribution < -0.4 is 5.73 Å². The largest absolute Gasteiger partial charge is 0.324 e. The van der Waals surface area contributed by atoms with E-state index in [1.54, 1.807) is 12.1 Å². The van der Waals surface area contributed by atoms with Crippen LogP contribution in [-0.2, 0) is 6.54 Å². The molecule has 112 valence electrons. The molecule has 1 unspecified atom stereocenters. The molecule has 2 nitrogen and oxygen atoms in total. The Balaban J connectivity index is 1.86. The Morgan fingerprint density at radius 3 is 2.33 bits per heavy atom. The summed E-state index contributed by atoms with van der Waals surface area (Å²) < 4.78 is 12.9. The van der Waals surface area contributed by atoms with Gasteiger partial charge in [-0.3, -0.25) is 4.90 Å². The summed E-state index contributed by atoms with van der Waals surface area (Å²) >= 11 is 0. The fraction of sp³-hybridized carbons (Fsp3) is 0.333. The van der Waals surface area contributed by atoms with Crippen molar-refractivity contribution >= 4 is 0 Å². The molecular weight excluding hydrogens is 263 g/mol. The standard InChI is InChI=1S/C18H23FN2/c1-2-21(14-15-6-4-3-5-7-15)13-12-18(20)16-8-10-17(19)11-9-16/h3-11,18H,2,12-14,20H2,1H3. The Hall–Kier alpha value is -1.71. The van der Waals surface area contributed by atoms with Crippen LogP contribution in [0.2, 0.25) is 0 Å². The molecule has 1 atom stereocenters. The van der Waals surface area contributed by atoms with E-state index in [9.17, 15) is 4.39 Å². The topological polar surface area (TPSA) is 29.3 Å². The van der Waals surface area contributed by atoms with Crippen molar-refractivity contribution in [2.45, 2.75) is 25.9 Å². The van der Waals surface area contributed by atoms with Crippen LogP contribution in [-0.4, -0.2) is 18.0 Å². The Morgan fingerprint density at radius 2 is 1.71 bits per heavy atom. The van der Waals surface area contributed by atoms with Crippen molar-refractivity contribution in [1.82, 2.24) is 4.90 Å². The molecule has 0 radical (unpaired) electrons. The van der Waals surface area contributed by atoms with Crippen LogP contribution in [0, 0.1) is 5.82 Å². The van der Waals surface area contributed by atoms with Crippen LogP contribution in [0.5, 0.6) is 0 Å². The number of hydrogen-bond acceptors (Lipinski definition) is 2. The SMILES string of the molecule is CCN(CCC(N)c1ccc(F)cc1)Cc1ccccc1. The minimum Gasteiger partial charge on any atom is -0.324 e. The third-order valence-electron chi connectivity index (χ3n) is 3.75. The maximum Gasteiger partial charge on any atom is 0.123 e. The second kappa shape index (κ2) is 7.91. The number of halogens is 1. The minimum absolute atomic E-state index is 0.0459. The average Bonchev–Trinajstić information content (AvgIpc) is 2.52. The second-order valence-corrected chi connectivity index (χ2v) is 5.30. The molecule has 2 N–H and O–H groups in total. The van der Waals surface area contributed by atoms with E-state index in [0.29, 0.717) is 0 Å². The fourth-order valence-electron chi connectivity index (χ4n) is 2.39. The molecule has 0 spiro atoms. The summed E-state index contributed by atoms with van der Waals surface area (Å²) in [5.74, 6) is -0.217. The van der Waals surface area contributed by atoms with Gasteiger partial charge in [0.1, 0.15) is 5.82 Å². The van der Waals surface area contributed by atoms with Gasteiger partial charge in [0.25, 0.3) is 0 Å². The first-order valence-electron chi connectivity index (χ1n) is 7.46. The second-order valence-electron chi connectivity index (χ2n) is 5.30. The molecule has 0 saturated carbocycles. The molecule has 0 amide bonds. The predicted molar refractivity (Wildman–Crippen MR) is 85.3 cm³/mol. The van der Waals surface area contributed by atoms with Gasteiger partial charge in [0.05, 0.1) is 0 Å². The van der Waals surface area contributed by atoms with Gasteiger partial charge in [0.2, 0.25) is 0 Å². The third-order valence-corrected chi connectivity index (χ3v) is 3.75. The Labute approximate surface area is 126 Å². The fourth-order valence-corrected chi connectivity index (χ4v) is 2.39. The van der Waals surface area contributed by atoms with Gasteiger partial charge in [0, 0.05) is 19.1 Å². The van der Waals surface area contributed by atoms with Crippen LogP contribution in [0.1, 0.15) is 30.5 Å². The summed E-state index contributed by atoms with van der Waals surface area (Å²) in [7, 11) is 0. The Morgan fingerprint density at radius 1 is 1.05 bits per heavy atom. The zero-order valence-electron chi connectivity index (χ0n) is 12.5. The molecular formula is C18H23FN2. The van der Waals surface area contributed by atoms with E-state index >= 15 is 0 Å². The van der Waals surface area contributed by atoms with E-state index in [2.05, 4.69) is 36.1 Å². The number of benzene rings is 2. The summed E-state index contributed by atoms with van der Waals surface area (Å²) in [6, 6.07) is 16.9. The van der Waals surface area contributed by atoms with E-state index in [1.165, 1.54) is 17.7 Å². The quantitative estimate of drug-likeness (QED) is 0.840. The van der Waals surface area contributed by atoms with Gasteiger partial charge in [-0.2, -0.15) is 0 Å². The molecule has 21 heavy (non-hydrogen) atoms. The maximum absolute atomic E-state index is 12.9. The first kappa shape index (κ1) is 15.7. The van der Waals surface area contributed by atoms with Gasteiger partial charge < -0.3 is 5.73 Å². The van der Waals surface area contributed by atoms with Crippen LogP contribution in [0.4, 0.5) is 4.39 Å². The van der Waals surface area contributed by atoms with Crippen molar-refractivity contribution in [3.8, 4) is 0 Å². The van der Waals surface area contributed by atoms with Crippen molar-refractivity contribution in [3.63, 3.8) is 0 Å². The van der Waals surface area contributed by atoms with E-state index < -0.39 is 0 Å². The third kappa shape index (κ3) is 4.96. The molecule has 0 heterocycles. The highest BCUT2D eigenvalue weighted by atomic mass is 19.1. The number of nitrogens with zero attached hydrogens (tertiary/aromatic N) is 1. The van der Waals surface area contributed by atoms with E-state index in [4.69, 9.17) is 5.73 Å². The lowest BCUT2D eigenvalue weighted by molar-refractivity contribution is 0.268. The summed E-state index contributed by atoms with van der Waals surface area (Å²) in [6.45, 7) is 5.02. The van der Waals surface area contributed by atoms with Gasteiger partial charge in [-0.05, 0) is 36.2 Å². The highest BCUT2D eigenvalue weighted by Gasteiger charge is 2.09. The lowest BCUT2D eigenvalue weighted by atomic mass is 10.0. The summed E-state index contributed by atoms with van der Waals surface area (Å²) in [5, 5.41) is 0. The van der Waals surface area contributed by atoms with Gasteiger partial charge in [-0.1, -0.05) is 49.4 Å². The Kier molecular flexibility index (Phi) is 5.90. The first-order valence-corrected chi connectivity index (χ1v) is 7.46. The molecule has 2 aromatic carbocycles. The highest BCUT2D eigenvalue weighted by Crippen LogP contribution is 2.16. The van der Waals surface area contributed by atoms with Crippen molar-refractivity contribution in [1.29, 1.82) is 0 Å². The van der Waals surface area contributed by atoms with Crippen LogP contribution in [0.15, 0.2) is 54.6 Å². The van der Waals surface area contributed by atoms with Crippen molar-refractivity contribution in [2.75, 3.05) is 13.1 Å². The molecule has 2 rings (SSSR count). The van der Waals surface area contributed by atoms with E-state index in [0.717, 1.165) is 31.6 Å². The number of hydrogen-bond donors (Lipinski definition) is 1. The molecule has 0 saturated heterocycles. The minimum atomic E-state index is -0.217. The Bertz CT molecular complexity index is 525. The zero-order valence-corrected chi connectivity index (χ0v) is 12.5. The number of nitrogens with two attached hydrogens (primary N) is 1. The van der Waals surface area contributed by atoms with Crippen molar-refractivity contribution < 1.29 is 4.39 Å². The van der Waals surface area contributed by atoms with Crippen molar-refractivity contribution in [3.05, 3.63) is 71.5 Å². The lowest BCUT2D eigenvalue weighted by Crippen LogP contribution is -2.27. The molecule has 0 fully saturated rings. The molecule has 0 aliphatic rings. The van der Waals surface area contributed by atoms with Gasteiger partial charge in [-0.15, -0.1) is 0 Å². The highest BCUT2D eigenvalue weighted by molar-refractivity contribution is 5.19.